The summed E-state index contributed by atoms with van der Waals surface area (Å²) in [5.41, 5.74) is 1.22. The molecule has 1 aliphatic rings. The van der Waals surface area contributed by atoms with Crippen molar-refractivity contribution in [3.63, 3.8) is 0 Å². The van der Waals surface area contributed by atoms with Crippen LogP contribution in [0.15, 0.2) is 35.3 Å². The van der Waals surface area contributed by atoms with Crippen molar-refractivity contribution < 1.29 is 4.74 Å². The van der Waals surface area contributed by atoms with Gasteiger partial charge in [-0.1, -0.05) is 44.2 Å². The molecule has 6 nitrogen and oxygen atoms in total. The lowest BCUT2D eigenvalue weighted by Crippen LogP contribution is -2.47. The first-order chi connectivity index (χ1) is 14.1. The van der Waals surface area contributed by atoms with E-state index in [-0.39, 0.29) is 24.0 Å². The van der Waals surface area contributed by atoms with E-state index in [1.165, 1.54) is 31.7 Å². The molecule has 1 aliphatic heterocycles. The molecule has 7 heteroatoms. The maximum atomic E-state index is 5.85. The van der Waals surface area contributed by atoms with Gasteiger partial charge in [-0.25, -0.2) is 0 Å². The Balaban J connectivity index is 0.00000450. The van der Waals surface area contributed by atoms with Gasteiger partial charge in [-0.05, 0) is 31.4 Å². The van der Waals surface area contributed by atoms with Gasteiger partial charge in [0.25, 0.3) is 0 Å². The summed E-state index contributed by atoms with van der Waals surface area (Å²) in [4.78, 5) is 9.74. The van der Waals surface area contributed by atoms with Crippen molar-refractivity contribution in [3.8, 4) is 0 Å². The number of rotatable bonds is 11. The molecular weight excluding hydrogens is 489 g/mol. The number of aliphatic imine (C=N–C) groups is 1. The van der Waals surface area contributed by atoms with Crippen LogP contribution in [-0.2, 0) is 11.3 Å². The Bertz CT molecular complexity index is 578. The van der Waals surface area contributed by atoms with E-state index in [4.69, 9.17) is 9.73 Å². The largest absolute Gasteiger partial charge is 0.376 e. The summed E-state index contributed by atoms with van der Waals surface area (Å²) in [5, 5.41) is 6.88. The van der Waals surface area contributed by atoms with Gasteiger partial charge in [-0.15, -0.1) is 24.0 Å². The third-order valence-corrected chi connectivity index (χ3v) is 5.20. The van der Waals surface area contributed by atoms with E-state index in [0.717, 1.165) is 38.7 Å². The molecule has 2 atom stereocenters. The smallest absolute Gasteiger partial charge is 0.191 e. The van der Waals surface area contributed by atoms with E-state index in [1.807, 2.05) is 18.2 Å². The van der Waals surface area contributed by atoms with Crippen molar-refractivity contribution >= 4 is 29.9 Å². The van der Waals surface area contributed by atoms with Crippen molar-refractivity contribution in [2.45, 2.75) is 27.4 Å². The maximum Gasteiger partial charge on any atom is 0.191 e. The maximum absolute atomic E-state index is 5.85. The molecule has 172 valence electrons. The molecule has 0 saturated carbocycles. The zero-order chi connectivity index (χ0) is 20.9. The SMILES string of the molecule is CCNC(=NCC(C)COCc1ccccc1)NCC(C)CN1CCN(C)CC1.I. The summed E-state index contributed by atoms with van der Waals surface area (Å²) in [6, 6.07) is 10.3. The fraction of sp³-hybridized carbons (Fsp3) is 0.696. The first kappa shape index (κ1) is 27.1. The lowest BCUT2D eigenvalue weighted by molar-refractivity contribution is 0.0945. The fourth-order valence-electron chi connectivity index (χ4n) is 3.40. The molecule has 0 spiro atoms. The summed E-state index contributed by atoms with van der Waals surface area (Å²) in [6.45, 7) is 16.4. The number of hydrogen-bond donors (Lipinski definition) is 2. The fourth-order valence-corrected chi connectivity index (χ4v) is 3.40. The van der Waals surface area contributed by atoms with Crippen LogP contribution in [0.3, 0.4) is 0 Å². The molecule has 0 amide bonds. The molecule has 1 aromatic carbocycles. The van der Waals surface area contributed by atoms with Crippen molar-refractivity contribution in [2.24, 2.45) is 16.8 Å². The zero-order valence-electron chi connectivity index (χ0n) is 19.3. The molecule has 2 N–H and O–H groups in total. The minimum Gasteiger partial charge on any atom is -0.376 e. The van der Waals surface area contributed by atoms with Crippen LogP contribution in [0.2, 0.25) is 0 Å². The summed E-state index contributed by atoms with van der Waals surface area (Å²) >= 11 is 0. The summed E-state index contributed by atoms with van der Waals surface area (Å²) in [5.74, 6) is 1.89. The van der Waals surface area contributed by atoms with Crippen molar-refractivity contribution in [1.82, 2.24) is 20.4 Å². The topological polar surface area (TPSA) is 52.1 Å². The number of likely N-dealkylation sites (N-methyl/N-ethyl adjacent to an activating group) is 1. The van der Waals surface area contributed by atoms with Crippen LogP contribution >= 0.6 is 24.0 Å². The van der Waals surface area contributed by atoms with Gasteiger partial charge in [-0.3, -0.25) is 4.99 Å². The first-order valence-electron chi connectivity index (χ1n) is 11.1. The normalized spacial score (nSPS) is 17.8. The van der Waals surface area contributed by atoms with Gasteiger partial charge < -0.3 is 25.2 Å². The van der Waals surface area contributed by atoms with Gasteiger partial charge >= 0.3 is 0 Å². The lowest BCUT2D eigenvalue weighted by Gasteiger charge is -2.34. The van der Waals surface area contributed by atoms with Gasteiger partial charge in [0.05, 0.1) is 13.2 Å². The Hall–Kier alpha value is -0.900. The molecule has 1 heterocycles. The number of piperazine rings is 1. The Kier molecular flexibility index (Phi) is 14.3. The molecule has 0 aliphatic carbocycles. The van der Waals surface area contributed by atoms with Crippen LogP contribution in [0, 0.1) is 11.8 Å². The number of nitrogens with zero attached hydrogens (tertiary/aromatic N) is 3. The summed E-state index contributed by atoms with van der Waals surface area (Å²) < 4.78 is 5.85. The lowest BCUT2D eigenvalue weighted by atomic mass is 10.1. The van der Waals surface area contributed by atoms with Gasteiger partial charge in [0, 0.05) is 52.4 Å². The van der Waals surface area contributed by atoms with Crippen LogP contribution in [0.25, 0.3) is 0 Å². The van der Waals surface area contributed by atoms with E-state index < -0.39 is 0 Å². The van der Waals surface area contributed by atoms with E-state index in [0.29, 0.717) is 18.4 Å². The third kappa shape index (κ3) is 11.5. The second-order valence-electron chi connectivity index (χ2n) is 8.42. The highest BCUT2D eigenvalue weighted by Gasteiger charge is 2.16. The number of ether oxygens (including phenoxy) is 1. The van der Waals surface area contributed by atoms with Crippen LogP contribution in [0.1, 0.15) is 26.3 Å². The monoisotopic (exact) mass is 531 g/mol. The molecule has 0 bridgehead atoms. The highest BCUT2D eigenvalue weighted by atomic mass is 127. The minimum atomic E-state index is 0. The predicted molar refractivity (Wildman–Crippen MR) is 138 cm³/mol. The van der Waals surface area contributed by atoms with Crippen molar-refractivity contribution in [2.75, 3.05) is 66.0 Å². The zero-order valence-corrected chi connectivity index (χ0v) is 21.6. The quantitative estimate of drug-likeness (QED) is 0.261. The van der Waals surface area contributed by atoms with E-state index in [1.54, 1.807) is 0 Å². The third-order valence-electron chi connectivity index (χ3n) is 5.20. The van der Waals surface area contributed by atoms with Gasteiger partial charge in [-0.2, -0.15) is 0 Å². The van der Waals surface area contributed by atoms with E-state index in [9.17, 15) is 0 Å². The second kappa shape index (κ2) is 15.8. The first-order valence-corrected chi connectivity index (χ1v) is 11.1. The van der Waals surface area contributed by atoms with Crippen molar-refractivity contribution in [3.05, 3.63) is 35.9 Å². The molecule has 0 radical (unpaired) electrons. The Morgan fingerprint density at radius 3 is 2.43 bits per heavy atom. The van der Waals surface area contributed by atoms with Gasteiger partial charge in [0.1, 0.15) is 0 Å². The van der Waals surface area contributed by atoms with Crippen molar-refractivity contribution in [1.29, 1.82) is 0 Å². The van der Waals surface area contributed by atoms with Crippen LogP contribution in [0.5, 0.6) is 0 Å². The van der Waals surface area contributed by atoms with Crippen LogP contribution in [0.4, 0.5) is 0 Å². The number of nitrogens with one attached hydrogen (secondary N) is 2. The highest BCUT2D eigenvalue weighted by molar-refractivity contribution is 14.0. The molecule has 2 unspecified atom stereocenters. The number of halogens is 1. The van der Waals surface area contributed by atoms with Gasteiger partial charge in [0.15, 0.2) is 5.96 Å². The molecule has 1 aromatic rings. The summed E-state index contributed by atoms with van der Waals surface area (Å²) in [7, 11) is 2.20. The average Bonchev–Trinajstić information content (AvgIpc) is 2.72. The standard InChI is InChI=1S/C23H41N5O.HI/c1-5-24-23(25-15-20(2)17-28-13-11-27(4)12-14-28)26-16-21(3)18-29-19-22-9-7-6-8-10-22;/h6-10,20-21H,5,11-19H2,1-4H3,(H2,24,25,26);1H. The molecular formula is C23H42IN5O. The predicted octanol–water partition coefficient (Wildman–Crippen LogP) is 2.90. The Morgan fingerprint density at radius 2 is 1.77 bits per heavy atom. The average molecular weight is 532 g/mol. The van der Waals surface area contributed by atoms with Crippen LogP contribution < -0.4 is 10.6 Å². The molecule has 30 heavy (non-hydrogen) atoms. The number of benzene rings is 1. The molecule has 1 saturated heterocycles. The Morgan fingerprint density at radius 1 is 1.07 bits per heavy atom. The number of hydrogen-bond acceptors (Lipinski definition) is 4. The number of guanidine groups is 1. The molecule has 1 fully saturated rings. The molecule has 2 rings (SSSR count). The second-order valence-corrected chi connectivity index (χ2v) is 8.42. The van der Waals surface area contributed by atoms with E-state index in [2.05, 4.69) is 60.4 Å². The summed E-state index contributed by atoms with van der Waals surface area (Å²) in [6.07, 6.45) is 0. The van der Waals surface area contributed by atoms with Gasteiger partial charge in [0.2, 0.25) is 0 Å². The molecule has 0 aromatic heterocycles. The van der Waals surface area contributed by atoms with Crippen LogP contribution in [-0.4, -0.2) is 81.8 Å². The minimum absolute atomic E-state index is 0. The highest BCUT2D eigenvalue weighted by Crippen LogP contribution is 2.05. The van der Waals surface area contributed by atoms with E-state index >= 15 is 0 Å². The Labute approximate surface area is 200 Å².